The summed E-state index contributed by atoms with van der Waals surface area (Å²) in [5.41, 5.74) is 2.04. The first kappa shape index (κ1) is 15.5. The van der Waals surface area contributed by atoms with E-state index in [0.717, 1.165) is 44.2 Å². The number of likely N-dealkylation sites (tertiary alicyclic amines) is 1. The van der Waals surface area contributed by atoms with Crippen molar-refractivity contribution < 1.29 is 13.2 Å². The predicted octanol–water partition coefficient (Wildman–Crippen LogP) is 3.50. The number of rotatable bonds is 3. The van der Waals surface area contributed by atoms with Gasteiger partial charge in [-0.2, -0.15) is 18.3 Å². The second kappa shape index (κ2) is 6.00. The molecule has 1 fully saturated rings. The van der Waals surface area contributed by atoms with Crippen LogP contribution in [0.3, 0.4) is 0 Å². The molecule has 1 atom stereocenters. The first-order chi connectivity index (χ1) is 10.4. The maximum Gasteiger partial charge on any atom is 0.435 e. The van der Waals surface area contributed by atoms with Gasteiger partial charge in [0.25, 0.3) is 0 Å². The van der Waals surface area contributed by atoms with Crippen LogP contribution in [-0.2, 0) is 12.7 Å². The van der Waals surface area contributed by atoms with Crippen LogP contribution in [0.25, 0.3) is 0 Å². The van der Waals surface area contributed by atoms with E-state index in [1.807, 2.05) is 12.4 Å². The van der Waals surface area contributed by atoms with Crippen molar-refractivity contribution in [3.8, 4) is 0 Å². The Morgan fingerprint density at radius 2 is 2.23 bits per heavy atom. The van der Waals surface area contributed by atoms with Crippen LogP contribution in [0, 0.1) is 6.92 Å². The molecule has 3 rings (SSSR count). The number of aryl methyl sites for hydroxylation is 1. The molecule has 1 unspecified atom stereocenters. The zero-order valence-electron chi connectivity index (χ0n) is 12.2. The van der Waals surface area contributed by atoms with Gasteiger partial charge in [-0.15, -0.1) is 11.3 Å². The van der Waals surface area contributed by atoms with Crippen LogP contribution in [0.1, 0.15) is 35.1 Å². The molecule has 0 N–H and O–H groups in total. The molecule has 0 amide bonds. The molecular formula is C14H17F3N4S. The van der Waals surface area contributed by atoms with Crippen molar-refractivity contribution in [1.82, 2.24) is 19.7 Å². The van der Waals surface area contributed by atoms with Gasteiger partial charge < -0.3 is 0 Å². The van der Waals surface area contributed by atoms with Crippen LogP contribution in [0.4, 0.5) is 13.2 Å². The van der Waals surface area contributed by atoms with Gasteiger partial charge in [-0.05, 0) is 32.4 Å². The van der Waals surface area contributed by atoms with Gasteiger partial charge in [-0.3, -0.25) is 9.58 Å². The molecule has 22 heavy (non-hydrogen) atoms. The molecule has 4 nitrogen and oxygen atoms in total. The summed E-state index contributed by atoms with van der Waals surface area (Å²) >= 11 is 1.62. The Hall–Kier alpha value is -1.41. The maximum absolute atomic E-state index is 12.6. The lowest BCUT2D eigenvalue weighted by atomic mass is 10.1. The number of aromatic nitrogens is 3. The van der Waals surface area contributed by atoms with Crippen LogP contribution < -0.4 is 0 Å². The van der Waals surface area contributed by atoms with Crippen molar-refractivity contribution in [2.75, 3.05) is 13.1 Å². The van der Waals surface area contributed by atoms with Gasteiger partial charge >= 0.3 is 6.18 Å². The second-order valence-corrected chi connectivity index (χ2v) is 6.51. The first-order valence-electron chi connectivity index (χ1n) is 7.17. The van der Waals surface area contributed by atoms with Crippen molar-refractivity contribution in [2.24, 2.45) is 0 Å². The maximum atomic E-state index is 12.6. The minimum absolute atomic E-state index is 0.00178. The standard InChI is InChI=1S/C14H17F3N4S/c1-10-12(22-9-18-10)8-20-5-2-3-11(7-20)21-6-4-13(19-21)14(15,16)17/h4,6,9,11H,2-3,5,7-8H2,1H3. The molecule has 0 radical (unpaired) electrons. The SMILES string of the molecule is Cc1ncsc1CN1CCCC(n2ccc(C(F)(F)F)n2)C1. The monoisotopic (exact) mass is 330 g/mol. The molecule has 1 saturated heterocycles. The van der Waals surface area contributed by atoms with Crippen molar-refractivity contribution in [3.63, 3.8) is 0 Å². The van der Waals surface area contributed by atoms with Crippen molar-refractivity contribution in [2.45, 2.75) is 38.5 Å². The van der Waals surface area contributed by atoms with E-state index in [4.69, 9.17) is 0 Å². The number of thiazole rings is 1. The third kappa shape index (κ3) is 3.33. The lowest BCUT2D eigenvalue weighted by molar-refractivity contribution is -0.141. The average molecular weight is 330 g/mol. The van der Waals surface area contributed by atoms with Gasteiger partial charge in [0.2, 0.25) is 0 Å². The van der Waals surface area contributed by atoms with Crippen LogP contribution in [0.5, 0.6) is 0 Å². The zero-order chi connectivity index (χ0) is 15.7. The highest BCUT2D eigenvalue weighted by molar-refractivity contribution is 7.09. The molecule has 120 valence electrons. The first-order valence-corrected chi connectivity index (χ1v) is 8.05. The molecule has 1 aliphatic rings. The summed E-state index contributed by atoms with van der Waals surface area (Å²) in [5, 5.41) is 3.71. The molecule has 8 heteroatoms. The van der Waals surface area contributed by atoms with E-state index in [2.05, 4.69) is 15.0 Å². The largest absolute Gasteiger partial charge is 0.435 e. The minimum Gasteiger partial charge on any atom is -0.296 e. The van der Waals surface area contributed by atoms with Crippen molar-refractivity contribution in [3.05, 3.63) is 34.0 Å². The molecule has 2 aromatic heterocycles. The van der Waals surface area contributed by atoms with Gasteiger partial charge in [0, 0.05) is 24.2 Å². The zero-order valence-corrected chi connectivity index (χ0v) is 13.0. The number of nitrogens with zero attached hydrogens (tertiary/aromatic N) is 4. The molecule has 1 aliphatic heterocycles. The second-order valence-electron chi connectivity index (χ2n) is 5.57. The number of hydrogen-bond donors (Lipinski definition) is 0. The summed E-state index contributed by atoms with van der Waals surface area (Å²) in [4.78, 5) is 7.73. The molecule has 0 aromatic carbocycles. The number of hydrogen-bond acceptors (Lipinski definition) is 4. The summed E-state index contributed by atoms with van der Waals surface area (Å²) in [7, 11) is 0. The van der Waals surface area contributed by atoms with Crippen LogP contribution >= 0.6 is 11.3 Å². The minimum atomic E-state index is -4.38. The number of piperidine rings is 1. The lowest BCUT2D eigenvalue weighted by Gasteiger charge is -2.32. The van der Waals surface area contributed by atoms with E-state index >= 15 is 0 Å². The Bertz CT molecular complexity index is 634. The van der Waals surface area contributed by atoms with Crippen molar-refractivity contribution >= 4 is 11.3 Å². The quantitative estimate of drug-likeness (QED) is 0.864. The van der Waals surface area contributed by atoms with Gasteiger partial charge in [0.15, 0.2) is 5.69 Å². The Morgan fingerprint density at radius 3 is 2.86 bits per heavy atom. The molecule has 3 heterocycles. The lowest BCUT2D eigenvalue weighted by Crippen LogP contribution is -2.36. The molecule has 0 aliphatic carbocycles. The Balaban J connectivity index is 1.68. The molecule has 0 saturated carbocycles. The Labute approximate surface area is 130 Å². The normalized spacial score (nSPS) is 20.5. The topological polar surface area (TPSA) is 34.0 Å². The molecule has 0 spiro atoms. The Morgan fingerprint density at radius 1 is 1.41 bits per heavy atom. The van der Waals surface area contributed by atoms with E-state index in [1.165, 1.54) is 15.8 Å². The fourth-order valence-electron chi connectivity index (χ4n) is 2.76. The highest BCUT2D eigenvalue weighted by Crippen LogP contribution is 2.29. The van der Waals surface area contributed by atoms with Crippen LogP contribution in [0.15, 0.2) is 17.8 Å². The summed E-state index contributed by atoms with van der Waals surface area (Å²) in [6.07, 6.45) is -1.12. The van der Waals surface area contributed by atoms with Gasteiger partial charge in [0.05, 0.1) is 17.2 Å². The molecular weight excluding hydrogens is 313 g/mol. The van der Waals surface area contributed by atoms with Gasteiger partial charge in [-0.1, -0.05) is 0 Å². The smallest absolute Gasteiger partial charge is 0.296 e. The average Bonchev–Trinajstić information content (AvgIpc) is 3.09. The number of halogens is 3. The van der Waals surface area contributed by atoms with Gasteiger partial charge in [-0.25, -0.2) is 4.98 Å². The third-order valence-corrected chi connectivity index (χ3v) is 4.89. The third-order valence-electron chi connectivity index (χ3n) is 3.97. The van der Waals surface area contributed by atoms with Gasteiger partial charge in [0.1, 0.15) is 0 Å². The van der Waals surface area contributed by atoms with E-state index in [0.29, 0.717) is 0 Å². The summed E-state index contributed by atoms with van der Waals surface area (Å²) < 4.78 is 39.4. The highest BCUT2D eigenvalue weighted by Gasteiger charge is 2.34. The van der Waals surface area contributed by atoms with Crippen LogP contribution in [-0.4, -0.2) is 32.8 Å². The highest BCUT2D eigenvalue weighted by atomic mass is 32.1. The molecule has 0 bridgehead atoms. The van der Waals surface area contributed by atoms with Crippen molar-refractivity contribution in [1.29, 1.82) is 0 Å². The molecule has 2 aromatic rings. The number of alkyl halides is 3. The summed E-state index contributed by atoms with van der Waals surface area (Å²) in [6.45, 7) is 4.47. The van der Waals surface area contributed by atoms with Crippen LogP contribution in [0.2, 0.25) is 0 Å². The van der Waals surface area contributed by atoms with E-state index in [1.54, 1.807) is 11.3 Å². The predicted molar refractivity (Wildman–Crippen MR) is 77.6 cm³/mol. The summed E-state index contributed by atoms with van der Waals surface area (Å²) in [6, 6.07) is 1.05. The van der Waals surface area contributed by atoms with E-state index in [9.17, 15) is 13.2 Å². The van der Waals surface area contributed by atoms with E-state index < -0.39 is 11.9 Å². The Kier molecular flexibility index (Phi) is 4.22. The van der Waals surface area contributed by atoms with E-state index in [-0.39, 0.29) is 6.04 Å². The summed E-state index contributed by atoms with van der Waals surface area (Å²) in [5.74, 6) is 0. The fraction of sp³-hybridized carbons (Fsp3) is 0.571. The fourth-order valence-corrected chi connectivity index (χ4v) is 3.58.